The van der Waals surface area contributed by atoms with Gasteiger partial charge in [0.25, 0.3) is 20.2 Å². The van der Waals surface area contributed by atoms with Crippen LogP contribution in [0.5, 0.6) is 0 Å². The third-order valence-electron chi connectivity index (χ3n) is 3.86. The summed E-state index contributed by atoms with van der Waals surface area (Å²) in [6, 6.07) is 4.46. The number of ketones is 2. The van der Waals surface area contributed by atoms with E-state index in [4.69, 9.17) is 11.5 Å². The van der Waals surface area contributed by atoms with Gasteiger partial charge in [0.1, 0.15) is 9.79 Å². The Morgan fingerprint density at radius 1 is 0.808 bits per heavy atom. The number of anilines is 2. The lowest BCUT2D eigenvalue weighted by atomic mass is 9.82. The van der Waals surface area contributed by atoms with Crippen molar-refractivity contribution in [3.63, 3.8) is 0 Å². The number of hydrogen-bond donors (Lipinski definition) is 4. The quantitative estimate of drug-likeness (QED) is 0.340. The van der Waals surface area contributed by atoms with Crippen LogP contribution in [0, 0.1) is 0 Å². The van der Waals surface area contributed by atoms with Crippen LogP contribution in [0.3, 0.4) is 0 Å². The molecule has 1 aliphatic carbocycles. The number of rotatable bonds is 2. The number of nitrogen functional groups attached to an aromatic ring is 2. The molecular weight excluding hydrogens is 388 g/mol. The van der Waals surface area contributed by atoms with E-state index in [1.807, 2.05) is 0 Å². The summed E-state index contributed by atoms with van der Waals surface area (Å²) in [7, 11) is -10.5. The maximum Gasteiger partial charge on any atom is 0.298 e. The number of carbonyl (C=O) groups is 2. The van der Waals surface area contributed by atoms with Crippen molar-refractivity contribution in [3.05, 3.63) is 46.5 Å². The maximum atomic E-state index is 12.7. The number of benzene rings is 2. The van der Waals surface area contributed by atoms with Gasteiger partial charge in [-0.1, -0.05) is 12.1 Å². The highest BCUT2D eigenvalue weighted by atomic mass is 32.2. The van der Waals surface area contributed by atoms with Gasteiger partial charge in [0.15, 0.2) is 11.6 Å². The fourth-order valence-corrected chi connectivity index (χ4v) is 4.76. The summed E-state index contributed by atoms with van der Waals surface area (Å²) in [6.45, 7) is 0. The average Bonchev–Trinajstić information content (AvgIpc) is 2.49. The van der Waals surface area contributed by atoms with Gasteiger partial charge in [-0.3, -0.25) is 18.7 Å². The first-order valence-corrected chi connectivity index (χ1v) is 9.63. The molecule has 10 nitrogen and oxygen atoms in total. The zero-order chi connectivity index (χ0) is 19.6. The molecule has 0 amide bonds. The molecule has 0 aromatic heterocycles. The van der Waals surface area contributed by atoms with Gasteiger partial charge in [0.05, 0.1) is 16.8 Å². The molecule has 2 aromatic carbocycles. The SMILES string of the molecule is Nc1cccc2c1C(=O)c1cc(S(=O)(=O)O)c(S(=O)(=O)O)c(N)c1C2=O. The predicted molar refractivity (Wildman–Crippen MR) is 88.2 cm³/mol. The van der Waals surface area contributed by atoms with Crippen LogP contribution in [0.4, 0.5) is 11.4 Å². The van der Waals surface area contributed by atoms with E-state index in [1.54, 1.807) is 0 Å². The molecule has 0 aliphatic heterocycles. The Labute approximate surface area is 146 Å². The minimum Gasteiger partial charge on any atom is -0.398 e. The first-order chi connectivity index (χ1) is 11.9. The fourth-order valence-electron chi connectivity index (χ4n) is 2.82. The van der Waals surface area contributed by atoms with Crippen molar-refractivity contribution in [1.29, 1.82) is 0 Å². The minimum atomic E-state index is -5.26. The normalized spacial score (nSPS) is 14.1. The van der Waals surface area contributed by atoms with E-state index in [9.17, 15) is 35.5 Å². The Bertz CT molecular complexity index is 1230. The molecule has 0 atom stereocenters. The molecule has 1 aliphatic rings. The lowest BCUT2D eigenvalue weighted by Crippen LogP contribution is -2.26. The van der Waals surface area contributed by atoms with E-state index in [2.05, 4.69) is 0 Å². The Morgan fingerprint density at radius 2 is 1.38 bits per heavy atom. The zero-order valence-corrected chi connectivity index (χ0v) is 14.3. The van der Waals surface area contributed by atoms with Gasteiger partial charge >= 0.3 is 0 Å². The third kappa shape index (κ3) is 2.47. The highest BCUT2D eigenvalue weighted by Crippen LogP contribution is 2.39. The van der Waals surface area contributed by atoms with Crippen LogP contribution in [0.2, 0.25) is 0 Å². The van der Waals surface area contributed by atoms with E-state index in [0.717, 1.165) is 0 Å². The lowest BCUT2D eigenvalue weighted by Gasteiger charge is -2.22. The lowest BCUT2D eigenvalue weighted by molar-refractivity contribution is 0.0979. The molecule has 12 heteroatoms. The molecule has 0 heterocycles. The summed E-state index contributed by atoms with van der Waals surface area (Å²) in [6.07, 6.45) is 0. The number of fused-ring (bicyclic) bond motifs is 2. The van der Waals surface area contributed by atoms with Crippen LogP contribution < -0.4 is 11.5 Å². The minimum absolute atomic E-state index is 0.0580. The standard InChI is InChI=1S/C14H10N2O8S2/c15-7-3-1-2-5-9(7)13(18)6-4-8(25(19,20)21)14(26(22,23)24)11(16)10(6)12(5)17/h1-4H,15-16H2,(H,19,20,21)(H,22,23,24). The molecule has 26 heavy (non-hydrogen) atoms. The second-order valence-corrected chi connectivity index (χ2v) is 8.17. The van der Waals surface area contributed by atoms with Crippen molar-refractivity contribution in [2.24, 2.45) is 0 Å². The van der Waals surface area contributed by atoms with Crippen LogP contribution in [-0.4, -0.2) is 37.5 Å². The fraction of sp³-hybridized carbons (Fsp3) is 0. The van der Waals surface area contributed by atoms with E-state index in [0.29, 0.717) is 6.07 Å². The monoisotopic (exact) mass is 398 g/mol. The van der Waals surface area contributed by atoms with Crippen molar-refractivity contribution in [3.8, 4) is 0 Å². The molecule has 2 aromatic rings. The maximum absolute atomic E-state index is 12.7. The molecule has 0 saturated heterocycles. The summed E-state index contributed by atoms with van der Waals surface area (Å²) in [5.74, 6) is -1.77. The van der Waals surface area contributed by atoms with Crippen molar-refractivity contribution in [1.82, 2.24) is 0 Å². The molecule has 136 valence electrons. The predicted octanol–water partition coefficient (Wildman–Crippen LogP) is 0.120. The number of nitrogens with two attached hydrogens (primary N) is 2. The topological polar surface area (TPSA) is 195 Å². The van der Waals surface area contributed by atoms with Crippen LogP contribution in [0.15, 0.2) is 34.1 Å². The van der Waals surface area contributed by atoms with Crippen LogP contribution in [0.25, 0.3) is 0 Å². The first kappa shape index (κ1) is 18.0. The Kier molecular flexibility index (Phi) is 3.70. The molecule has 0 bridgehead atoms. The van der Waals surface area contributed by atoms with E-state index in [-0.39, 0.29) is 16.8 Å². The highest BCUT2D eigenvalue weighted by Gasteiger charge is 2.39. The Hall–Kier alpha value is -2.80. The molecule has 0 unspecified atom stereocenters. The van der Waals surface area contributed by atoms with Gasteiger partial charge in [-0.15, -0.1) is 0 Å². The van der Waals surface area contributed by atoms with Crippen molar-refractivity contribution in [2.75, 3.05) is 11.5 Å². The first-order valence-electron chi connectivity index (χ1n) is 6.75. The summed E-state index contributed by atoms with van der Waals surface area (Å²) in [5, 5.41) is 0. The second-order valence-electron chi connectivity index (χ2n) is 5.42. The van der Waals surface area contributed by atoms with Crippen molar-refractivity contribution < 1.29 is 35.5 Å². The summed E-state index contributed by atoms with van der Waals surface area (Å²) >= 11 is 0. The number of hydrogen-bond acceptors (Lipinski definition) is 8. The molecule has 0 saturated carbocycles. The van der Waals surface area contributed by atoms with E-state index in [1.165, 1.54) is 18.2 Å². The van der Waals surface area contributed by atoms with Crippen LogP contribution in [-0.2, 0) is 20.2 Å². The summed E-state index contributed by atoms with van der Waals surface area (Å²) in [5.41, 5.74) is 8.77. The second kappa shape index (κ2) is 5.35. The van der Waals surface area contributed by atoms with Crippen molar-refractivity contribution >= 4 is 43.2 Å². The smallest absolute Gasteiger partial charge is 0.298 e. The van der Waals surface area contributed by atoms with Crippen LogP contribution in [0.1, 0.15) is 31.8 Å². The molecular formula is C14H10N2O8S2. The molecule has 3 rings (SSSR count). The highest BCUT2D eigenvalue weighted by molar-refractivity contribution is 7.89. The van der Waals surface area contributed by atoms with Gasteiger partial charge in [-0.05, 0) is 12.1 Å². The number of carbonyl (C=O) groups excluding carboxylic acids is 2. The summed E-state index contributed by atoms with van der Waals surface area (Å²) in [4.78, 5) is 22.7. The average molecular weight is 398 g/mol. The molecule has 0 radical (unpaired) electrons. The van der Waals surface area contributed by atoms with Gasteiger partial charge in [0, 0.05) is 16.8 Å². The van der Waals surface area contributed by atoms with Gasteiger partial charge in [-0.2, -0.15) is 16.8 Å². The van der Waals surface area contributed by atoms with E-state index >= 15 is 0 Å². The summed E-state index contributed by atoms with van der Waals surface area (Å²) < 4.78 is 64.8. The van der Waals surface area contributed by atoms with Crippen LogP contribution >= 0.6 is 0 Å². The molecule has 0 spiro atoms. The van der Waals surface area contributed by atoms with Gasteiger partial charge < -0.3 is 11.5 Å². The third-order valence-corrected chi connectivity index (χ3v) is 5.82. The van der Waals surface area contributed by atoms with Gasteiger partial charge in [0.2, 0.25) is 0 Å². The van der Waals surface area contributed by atoms with Gasteiger partial charge in [-0.25, -0.2) is 0 Å². The zero-order valence-electron chi connectivity index (χ0n) is 12.6. The largest absolute Gasteiger partial charge is 0.398 e. The molecule has 6 N–H and O–H groups in total. The van der Waals surface area contributed by atoms with E-state index < -0.39 is 58.4 Å². The van der Waals surface area contributed by atoms with Crippen molar-refractivity contribution in [2.45, 2.75) is 9.79 Å². The Balaban J connectivity index is 2.53. The molecule has 0 fully saturated rings. The Morgan fingerprint density at radius 3 is 1.92 bits per heavy atom.